The molecule has 1 aliphatic heterocycles. The van der Waals surface area contributed by atoms with E-state index in [0.717, 1.165) is 0 Å². The average molecular weight is 372 g/mol. The van der Waals surface area contributed by atoms with Crippen LogP contribution in [0.15, 0.2) is 39.9 Å². The van der Waals surface area contributed by atoms with Crippen LogP contribution in [0.3, 0.4) is 0 Å². The maximum atomic E-state index is 12.7. The van der Waals surface area contributed by atoms with Gasteiger partial charge in [0.1, 0.15) is 0 Å². The number of halogens is 1. The Morgan fingerprint density at radius 3 is 2.67 bits per heavy atom. The molecule has 0 saturated carbocycles. The SMILES string of the molecule is O=C(Nc1cc(S(=O)(=O)N2CCOCC2)ccc1Cl)c1ccno1. The first-order valence-electron chi connectivity index (χ1n) is 7.08. The zero-order chi connectivity index (χ0) is 17.2. The minimum absolute atomic E-state index is 0.00694. The van der Waals surface area contributed by atoms with E-state index in [1.165, 1.54) is 34.8 Å². The molecule has 0 atom stereocenters. The molecular weight excluding hydrogens is 358 g/mol. The number of anilines is 1. The summed E-state index contributed by atoms with van der Waals surface area (Å²) in [6, 6.07) is 5.53. The summed E-state index contributed by atoms with van der Waals surface area (Å²) in [6.07, 6.45) is 1.33. The van der Waals surface area contributed by atoms with Crippen LogP contribution in [0.25, 0.3) is 0 Å². The number of nitrogens with zero attached hydrogens (tertiary/aromatic N) is 2. The lowest BCUT2D eigenvalue weighted by atomic mass is 10.3. The van der Waals surface area contributed by atoms with Gasteiger partial charge in [0.15, 0.2) is 0 Å². The second-order valence-electron chi connectivity index (χ2n) is 4.99. The first-order valence-corrected chi connectivity index (χ1v) is 8.90. The van der Waals surface area contributed by atoms with E-state index in [1.54, 1.807) is 0 Å². The number of rotatable bonds is 4. The lowest BCUT2D eigenvalue weighted by molar-refractivity contribution is 0.0730. The predicted molar refractivity (Wildman–Crippen MR) is 85.5 cm³/mol. The highest BCUT2D eigenvalue weighted by Gasteiger charge is 2.27. The molecule has 0 bridgehead atoms. The molecule has 24 heavy (non-hydrogen) atoms. The molecule has 1 amide bonds. The third kappa shape index (κ3) is 3.44. The van der Waals surface area contributed by atoms with Gasteiger partial charge in [0.25, 0.3) is 5.91 Å². The van der Waals surface area contributed by atoms with E-state index in [2.05, 4.69) is 10.5 Å². The van der Waals surface area contributed by atoms with E-state index >= 15 is 0 Å². The van der Waals surface area contributed by atoms with E-state index in [0.29, 0.717) is 13.2 Å². The fourth-order valence-corrected chi connectivity index (χ4v) is 3.81. The monoisotopic (exact) mass is 371 g/mol. The van der Waals surface area contributed by atoms with Crippen molar-refractivity contribution in [2.45, 2.75) is 4.90 Å². The first kappa shape index (κ1) is 16.9. The Morgan fingerprint density at radius 2 is 2.00 bits per heavy atom. The number of hydrogen-bond donors (Lipinski definition) is 1. The van der Waals surface area contributed by atoms with Crippen molar-refractivity contribution in [2.24, 2.45) is 0 Å². The van der Waals surface area contributed by atoms with Crippen molar-refractivity contribution in [1.29, 1.82) is 0 Å². The Labute approximate surface area is 143 Å². The number of carbonyl (C=O) groups is 1. The molecule has 1 aromatic heterocycles. The Bertz CT molecular complexity index is 832. The largest absolute Gasteiger partial charge is 0.379 e. The van der Waals surface area contributed by atoms with Crippen molar-refractivity contribution >= 4 is 33.2 Å². The number of amides is 1. The Kier molecular flexibility index (Phi) is 4.86. The van der Waals surface area contributed by atoms with Crippen molar-refractivity contribution in [2.75, 3.05) is 31.6 Å². The highest BCUT2D eigenvalue weighted by molar-refractivity contribution is 7.89. The predicted octanol–water partition coefficient (Wildman–Crippen LogP) is 1.60. The molecule has 0 radical (unpaired) electrons. The smallest absolute Gasteiger partial charge is 0.294 e. The van der Waals surface area contributed by atoms with Gasteiger partial charge < -0.3 is 14.6 Å². The molecule has 3 rings (SSSR count). The van der Waals surface area contributed by atoms with Crippen LogP contribution in [-0.2, 0) is 14.8 Å². The number of nitrogens with one attached hydrogen (secondary N) is 1. The lowest BCUT2D eigenvalue weighted by Gasteiger charge is -2.26. The average Bonchev–Trinajstić information content (AvgIpc) is 3.12. The number of aromatic nitrogens is 1. The van der Waals surface area contributed by atoms with Crippen LogP contribution in [0.2, 0.25) is 5.02 Å². The van der Waals surface area contributed by atoms with E-state index in [-0.39, 0.29) is 34.5 Å². The van der Waals surface area contributed by atoms with Gasteiger partial charge in [-0.3, -0.25) is 4.79 Å². The standard InChI is InChI=1S/C14H14ClN3O5S/c15-11-2-1-10(24(20,21)18-5-7-22-8-6-18)9-12(11)17-14(19)13-3-4-16-23-13/h1-4,9H,5-8H2,(H,17,19). The molecule has 1 saturated heterocycles. The van der Waals surface area contributed by atoms with Crippen molar-refractivity contribution < 1.29 is 22.5 Å². The Hall–Kier alpha value is -1.94. The number of hydrogen-bond acceptors (Lipinski definition) is 6. The molecule has 2 aromatic rings. The first-order chi connectivity index (χ1) is 11.5. The highest BCUT2D eigenvalue weighted by Crippen LogP contribution is 2.27. The van der Waals surface area contributed by atoms with Gasteiger partial charge in [-0.2, -0.15) is 4.31 Å². The summed E-state index contributed by atoms with van der Waals surface area (Å²) >= 11 is 6.05. The fourth-order valence-electron chi connectivity index (χ4n) is 2.21. The minimum atomic E-state index is -3.68. The second kappa shape index (κ2) is 6.89. The van der Waals surface area contributed by atoms with Crippen LogP contribution >= 0.6 is 11.6 Å². The van der Waals surface area contributed by atoms with Gasteiger partial charge in [0.2, 0.25) is 15.8 Å². The van der Waals surface area contributed by atoms with E-state index in [9.17, 15) is 13.2 Å². The van der Waals surface area contributed by atoms with E-state index < -0.39 is 15.9 Å². The van der Waals surface area contributed by atoms with Gasteiger partial charge in [-0.05, 0) is 18.2 Å². The lowest BCUT2D eigenvalue weighted by Crippen LogP contribution is -2.40. The van der Waals surface area contributed by atoms with Crippen molar-refractivity contribution in [3.05, 3.63) is 41.2 Å². The van der Waals surface area contributed by atoms with E-state index in [1.807, 2.05) is 0 Å². The molecule has 8 nitrogen and oxygen atoms in total. The number of carbonyl (C=O) groups excluding carboxylic acids is 1. The fraction of sp³-hybridized carbons (Fsp3) is 0.286. The molecule has 0 spiro atoms. The van der Waals surface area contributed by atoms with Gasteiger partial charge in [-0.25, -0.2) is 8.42 Å². The molecule has 0 aliphatic carbocycles. The van der Waals surface area contributed by atoms with Gasteiger partial charge in [0, 0.05) is 19.2 Å². The molecule has 128 valence electrons. The third-order valence-corrected chi connectivity index (χ3v) is 5.68. The zero-order valence-corrected chi connectivity index (χ0v) is 14.0. The van der Waals surface area contributed by atoms with Crippen molar-refractivity contribution in [3.63, 3.8) is 0 Å². The molecule has 1 aromatic carbocycles. The van der Waals surface area contributed by atoms with Gasteiger partial charge in [0.05, 0.1) is 35.0 Å². The highest BCUT2D eigenvalue weighted by atomic mass is 35.5. The minimum Gasteiger partial charge on any atom is -0.379 e. The second-order valence-corrected chi connectivity index (χ2v) is 7.33. The summed E-state index contributed by atoms with van der Waals surface area (Å²) in [6.45, 7) is 1.26. The summed E-state index contributed by atoms with van der Waals surface area (Å²) in [4.78, 5) is 12.1. The van der Waals surface area contributed by atoms with Crippen LogP contribution in [0.5, 0.6) is 0 Å². The number of sulfonamides is 1. The quantitative estimate of drug-likeness (QED) is 0.875. The Balaban J connectivity index is 1.87. The molecule has 10 heteroatoms. The molecule has 2 heterocycles. The van der Waals surface area contributed by atoms with Crippen molar-refractivity contribution in [1.82, 2.24) is 9.46 Å². The van der Waals surface area contributed by atoms with Crippen molar-refractivity contribution in [3.8, 4) is 0 Å². The number of morpholine rings is 1. The zero-order valence-electron chi connectivity index (χ0n) is 12.4. The number of ether oxygens (including phenoxy) is 1. The Morgan fingerprint density at radius 1 is 1.25 bits per heavy atom. The van der Waals surface area contributed by atoms with Crippen LogP contribution in [0.4, 0.5) is 5.69 Å². The van der Waals surface area contributed by atoms with E-state index in [4.69, 9.17) is 20.9 Å². The summed E-state index contributed by atoms with van der Waals surface area (Å²) in [5, 5.41) is 6.17. The topological polar surface area (TPSA) is 102 Å². The van der Waals surface area contributed by atoms with Gasteiger partial charge >= 0.3 is 0 Å². The van der Waals surface area contributed by atoms with Crippen LogP contribution in [-0.4, -0.2) is 50.1 Å². The van der Waals surface area contributed by atoms with Gasteiger partial charge in [-0.15, -0.1) is 0 Å². The normalized spacial score (nSPS) is 16.0. The molecule has 1 aliphatic rings. The maximum Gasteiger partial charge on any atom is 0.294 e. The molecule has 1 N–H and O–H groups in total. The van der Waals surface area contributed by atoms with Crippen LogP contribution < -0.4 is 5.32 Å². The summed E-state index contributed by atoms with van der Waals surface area (Å²) in [5.41, 5.74) is 0.174. The summed E-state index contributed by atoms with van der Waals surface area (Å²) < 4.78 is 36.6. The molecule has 1 fully saturated rings. The summed E-state index contributed by atoms with van der Waals surface area (Å²) in [7, 11) is -3.68. The summed E-state index contributed by atoms with van der Waals surface area (Å²) in [5.74, 6) is -0.581. The van der Waals surface area contributed by atoms with Gasteiger partial charge in [-0.1, -0.05) is 16.8 Å². The van der Waals surface area contributed by atoms with Crippen LogP contribution in [0, 0.1) is 0 Å². The maximum absolute atomic E-state index is 12.7. The van der Waals surface area contributed by atoms with Crippen LogP contribution in [0.1, 0.15) is 10.6 Å². The molecule has 0 unspecified atom stereocenters. The molecular formula is C14H14ClN3O5S. The number of benzene rings is 1. The third-order valence-electron chi connectivity index (χ3n) is 3.46.